The van der Waals surface area contributed by atoms with E-state index in [1.54, 1.807) is 0 Å². The highest BCUT2D eigenvalue weighted by Gasteiger charge is 2.35. The van der Waals surface area contributed by atoms with Crippen LogP contribution in [0.15, 0.2) is 48.5 Å². The summed E-state index contributed by atoms with van der Waals surface area (Å²) in [5.74, 6) is 1.32. The number of hydrogen-bond acceptors (Lipinski definition) is 2. The molecule has 1 amide bonds. The van der Waals surface area contributed by atoms with Crippen LogP contribution in [0.2, 0.25) is 0 Å². The molecular weight excluding hydrogens is 442 g/mol. The fourth-order valence-electron chi connectivity index (χ4n) is 7.39. The number of benzene rings is 2. The molecule has 3 aromatic rings. The summed E-state index contributed by atoms with van der Waals surface area (Å²) in [5, 5.41) is 1.41. The second-order valence-electron chi connectivity index (χ2n) is 11.4. The number of aromatic amines is 1. The molecule has 1 N–H and O–H groups in total. The van der Waals surface area contributed by atoms with Gasteiger partial charge in [-0.05, 0) is 87.2 Å². The Kier molecular flexibility index (Phi) is 6.88. The Hall–Kier alpha value is -2.59. The SMILES string of the molecule is Cc1[nH]c2ccccc2c1C1CCN(CCC2c3ccccc3CCN2C(=O)C2CCCCC2)CC1. The number of carbonyl (C=O) groups is 1. The number of nitrogens with zero attached hydrogens (tertiary/aromatic N) is 2. The van der Waals surface area contributed by atoms with Gasteiger partial charge < -0.3 is 14.8 Å². The van der Waals surface area contributed by atoms with Gasteiger partial charge in [0.15, 0.2) is 0 Å². The van der Waals surface area contributed by atoms with Crippen LogP contribution >= 0.6 is 0 Å². The van der Waals surface area contributed by atoms with Crippen LogP contribution in [0.3, 0.4) is 0 Å². The van der Waals surface area contributed by atoms with Gasteiger partial charge in [-0.2, -0.15) is 0 Å². The highest BCUT2D eigenvalue weighted by molar-refractivity contribution is 5.85. The first-order valence-electron chi connectivity index (χ1n) is 14.4. The summed E-state index contributed by atoms with van der Waals surface area (Å²) in [6.45, 7) is 6.50. The summed E-state index contributed by atoms with van der Waals surface area (Å²) < 4.78 is 0. The first-order valence-corrected chi connectivity index (χ1v) is 14.4. The van der Waals surface area contributed by atoms with Crippen molar-refractivity contribution >= 4 is 16.8 Å². The van der Waals surface area contributed by atoms with E-state index in [-0.39, 0.29) is 12.0 Å². The van der Waals surface area contributed by atoms with Crippen LogP contribution in [0.1, 0.15) is 85.7 Å². The van der Waals surface area contributed by atoms with Gasteiger partial charge in [-0.25, -0.2) is 0 Å². The molecule has 2 aliphatic heterocycles. The molecule has 2 fully saturated rings. The fourth-order valence-corrected chi connectivity index (χ4v) is 7.39. The molecule has 0 radical (unpaired) electrons. The molecule has 3 aliphatic rings. The molecule has 1 aliphatic carbocycles. The zero-order valence-electron chi connectivity index (χ0n) is 21.8. The number of likely N-dealkylation sites (tertiary alicyclic amines) is 1. The van der Waals surface area contributed by atoms with Gasteiger partial charge >= 0.3 is 0 Å². The van der Waals surface area contributed by atoms with Crippen molar-refractivity contribution in [1.29, 1.82) is 0 Å². The molecule has 190 valence electrons. The van der Waals surface area contributed by atoms with Gasteiger partial charge in [0.05, 0.1) is 6.04 Å². The van der Waals surface area contributed by atoms with E-state index < -0.39 is 0 Å². The van der Waals surface area contributed by atoms with Gasteiger partial charge in [0.2, 0.25) is 5.91 Å². The van der Waals surface area contributed by atoms with E-state index in [9.17, 15) is 4.79 Å². The zero-order valence-corrected chi connectivity index (χ0v) is 21.8. The van der Waals surface area contributed by atoms with Crippen molar-refractivity contribution in [2.24, 2.45) is 5.92 Å². The van der Waals surface area contributed by atoms with Gasteiger partial charge in [-0.15, -0.1) is 0 Å². The highest BCUT2D eigenvalue weighted by Crippen LogP contribution is 2.38. The Morgan fingerprint density at radius 3 is 2.50 bits per heavy atom. The minimum atomic E-state index is 0.234. The minimum absolute atomic E-state index is 0.234. The lowest BCUT2D eigenvalue weighted by Crippen LogP contribution is -2.45. The maximum atomic E-state index is 13.6. The van der Waals surface area contributed by atoms with Gasteiger partial charge in [-0.3, -0.25) is 4.79 Å². The van der Waals surface area contributed by atoms with Crippen molar-refractivity contribution in [3.63, 3.8) is 0 Å². The molecule has 3 heterocycles. The fraction of sp³-hybridized carbons (Fsp3) is 0.531. The van der Waals surface area contributed by atoms with Crippen LogP contribution in [-0.2, 0) is 11.2 Å². The molecule has 1 saturated heterocycles. The normalized spacial score (nSPS) is 22.1. The number of aromatic nitrogens is 1. The number of H-pyrrole nitrogens is 1. The van der Waals surface area contributed by atoms with E-state index in [1.807, 2.05) is 0 Å². The van der Waals surface area contributed by atoms with Gasteiger partial charge in [0.25, 0.3) is 0 Å². The largest absolute Gasteiger partial charge is 0.358 e. The molecule has 0 bridgehead atoms. The van der Waals surface area contributed by atoms with Crippen LogP contribution in [0, 0.1) is 12.8 Å². The average Bonchev–Trinajstić information content (AvgIpc) is 3.27. The monoisotopic (exact) mass is 483 g/mol. The molecule has 4 heteroatoms. The number of piperidine rings is 1. The van der Waals surface area contributed by atoms with Gasteiger partial charge in [-0.1, -0.05) is 61.7 Å². The van der Waals surface area contributed by atoms with E-state index in [2.05, 4.69) is 70.2 Å². The van der Waals surface area contributed by atoms with Crippen molar-refractivity contribution in [3.8, 4) is 0 Å². The molecule has 36 heavy (non-hydrogen) atoms. The molecule has 2 aromatic carbocycles. The highest BCUT2D eigenvalue weighted by atomic mass is 16.2. The summed E-state index contributed by atoms with van der Waals surface area (Å²) in [5.41, 5.74) is 6.99. The summed E-state index contributed by atoms with van der Waals surface area (Å²) in [7, 11) is 0. The zero-order chi connectivity index (χ0) is 24.5. The van der Waals surface area contributed by atoms with Crippen molar-refractivity contribution in [2.45, 2.75) is 76.7 Å². The molecular formula is C32H41N3O. The molecule has 1 unspecified atom stereocenters. The van der Waals surface area contributed by atoms with E-state index in [0.29, 0.717) is 11.8 Å². The number of carbonyl (C=O) groups excluding carboxylic acids is 1. The Morgan fingerprint density at radius 1 is 0.917 bits per heavy atom. The third-order valence-corrected chi connectivity index (χ3v) is 9.31. The van der Waals surface area contributed by atoms with E-state index >= 15 is 0 Å². The van der Waals surface area contributed by atoms with Crippen molar-refractivity contribution in [3.05, 3.63) is 70.9 Å². The summed E-state index contributed by atoms with van der Waals surface area (Å²) in [6.07, 6.45) is 10.4. The van der Waals surface area contributed by atoms with Crippen molar-refractivity contribution in [2.75, 3.05) is 26.2 Å². The van der Waals surface area contributed by atoms with Crippen molar-refractivity contribution < 1.29 is 4.79 Å². The Balaban J connectivity index is 1.13. The van der Waals surface area contributed by atoms with Crippen LogP contribution in [-0.4, -0.2) is 46.9 Å². The second-order valence-corrected chi connectivity index (χ2v) is 11.4. The number of fused-ring (bicyclic) bond motifs is 2. The number of rotatable bonds is 5. The predicted molar refractivity (Wildman–Crippen MR) is 147 cm³/mol. The lowest BCUT2D eigenvalue weighted by atomic mass is 9.85. The van der Waals surface area contributed by atoms with E-state index in [4.69, 9.17) is 0 Å². The van der Waals surface area contributed by atoms with E-state index in [0.717, 1.165) is 51.9 Å². The number of para-hydroxylation sites is 1. The summed E-state index contributed by atoms with van der Waals surface area (Å²) in [6, 6.07) is 17.9. The summed E-state index contributed by atoms with van der Waals surface area (Å²) in [4.78, 5) is 22.2. The maximum Gasteiger partial charge on any atom is 0.226 e. The smallest absolute Gasteiger partial charge is 0.226 e. The van der Waals surface area contributed by atoms with Crippen LogP contribution in [0.5, 0.6) is 0 Å². The van der Waals surface area contributed by atoms with Crippen LogP contribution in [0.4, 0.5) is 0 Å². The number of aryl methyl sites for hydroxylation is 1. The molecule has 6 rings (SSSR count). The quantitative estimate of drug-likeness (QED) is 0.436. The molecule has 0 spiro atoms. The Labute approximate surface area is 216 Å². The average molecular weight is 484 g/mol. The number of hydrogen-bond donors (Lipinski definition) is 1. The molecule has 4 nitrogen and oxygen atoms in total. The first-order chi connectivity index (χ1) is 17.7. The van der Waals surface area contributed by atoms with Gasteiger partial charge in [0.1, 0.15) is 0 Å². The topological polar surface area (TPSA) is 39.3 Å². The standard InChI is InChI=1S/C32H41N3O/c1-23-31(28-13-7-8-14-29(28)33-23)25-15-19-34(20-16-25)21-18-30-27-12-6-5-9-24(27)17-22-35(30)32(36)26-10-3-2-4-11-26/h5-9,12-14,25-26,30,33H,2-4,10-11,15-22H2,1H3. The lowest BCUT2D eigenvalue weighted by molar-refractivity contribution is -0.139. The Bertz CT molecular complexity index is 1200. The first kappa shape index (κ1) is 23.8. The molecule has 1 saturated carbocycles. The number of amides is 1. The lowest BCUT2D eigenvalue weighted by Gasteiger charge is -2.41. The predicted octanol–water partition coefficient (Wildman–Crippen LogP) is 6.75. The van der Waals surface area contributed by atoms with Crippen molar-refractivity contribution in [1.82, 2.24) is 14.8 Å². The minimum Gasteiger partial charge on any atom is -0.358 e. The third kappa shape index (κ3) is 4.61. The van der Waals surface area contributed by atoms with Crippen LogP contribution < -0.4 is 0 Å². The second kappa shape index (κ2) is 10.4. The van der Waals surface area contributed by atoms with Gasteiger partial charge in [0, 0.05) is 35.6 Å². The maximum absolute atomic E-state index is 13.6. The number of nitrogens with one attached hydrogen (secondary N) is 1. The summed E-state index contributed by atoms with van der Waals surface area (Å²) >= 11 is 0. The van der Waals surface area contributed by atoms with E-state index in [1.165, 1.54) is 65.4 Å². The molecule has 1 atom stereocenters. The molecule has 1 aromatic heterocycles. The van der Waals surface area contributed by atoms with Crippen LogP contribution in [0.25, 0.3) is 10.9 Å². The Morgan fingerprint density at radius 2 is 1.67 bits per heavy atom. The third-order valence-electron chi connectivity index (χ3n) is 9.31.